The minimum Gasteiger partial charge on any atom is -0.331 e. The average molecular weight is 624 g/mol. The summed E-state index contributed by atoms with van der Waals surface area (Å²) in [6.45, 7) is 8.83. The Hall–Kier alpha value is -3.72. The fraction of sp³-hybridized carbons (Fsp3) is 0.444. The number of amides is 2. The number of hydrogen-bond donors (Lipinski definition) is 1. The molecule has 5 rings (SSSR count). The van der Waals surface area contributed by atoms with Crippen molar-refractivity contribution in [2.24, 2.45) is 5.92 Å². The summed E-state index contributed by atoms with van der Waals surface area (Å²) in [7, 11) is 0. The fourth-order valence-electron chi connectivity index (χ4n) is 6.70. The predicted molar refractivity (Wildman–Crippen MR) is 167 cm³/mol. The third-order valence-electron chi connectivity index (χ3n) is 9.11. The summed E-state index contributed by atoms with van der Waals surface area (Å²) in [6.07, 6.45) is -2.63. The Morgan fingerprint density at radius 3 is 2.27 bits per heavy atom. The quantitative estimate of drug-likeness (QED) is 0.282. The van der Waals surface area contributed by atoms with E-state index in [1.54, 1.807) is 48.2 Å². The van der Waals surface area contributed by atoms with Gasteiger partial charge in [0.25, 0.3) is 5.91 Å². The average Bonchev–Trinajstić information content (AvgIpc) is 3.46. The van der Waals surface area contributed by atoms with Gasteiger partial charge in [0.1, 0.15) is 11.9 Å². The third kappa shape index (κ3) is 7.24. The number of anilines is 1. The van der Waals surface area contributed by atoms with Gasteiger partial charge in [0.15, 0.2) is 0 Å². The van der Waals surface area contributed by atoms with E-state index in [2.05, 4.69) is 26.1 Å². The maximum atomic E-state index is 15.0. The summed E-state index contributed by atoms with van der Waals surface area (Å²) in [4.78, 5) is 31.0. The van der Waals surface area contributed by atoms with Crippen LogP contribution in [0.15, 0.2) is 66.7 Å². The molecule has 0 radical (unpaired) electrons. The van der Waals surface area contributed by atoms with Crippen molar-refractivity contribution < 1.29 is 27.2 Å². The molecule has 0 aromatic heterocycles. The van der Waals surface area contributed by atoms with E-state index >= 15 is 4.39 Å². The molecule has 2 unspecified atom stereocenters. The summed E-state index contributed by atoms with van der Waals surface area (Å²) < 4.78 is 55.7. The van der Waals surface area contributed by atoms with Crippen molar-refractivity contribution in [1.29, 1.82) is 0 Å². The van der Waals surface area contributed by atoms with Crippen LogP contribution in [-0.4, -0.2) is 46.9 Å². The van der Waals surface area contributed by atoms with Crippen LogP contribution in [0, 0.1) is 18.7 Å². The number of aryl methyl sites for hydroxylation is 1. The minimum atomic E-state index is -4.28. The standard InChI is InChI=1S/C36H41F4N3O2/c1-23-9-5-13-29(37)31(23)34(45)43-20-7-12-28(33(44)41-27-11-6-10-26(21-27)35(2,3)4)32(43)25-17-15-24(16-18-25)22-42-19-8-14-30(42)36(38,39)40/h5-6,9-11,13,15-18,21,28,30,32H,7-8,12,14,19-20,22H2,1-4H3,(H,41,44)/t28?,30?,32-/m0/s1. The number of likely N-dealkylation sites (tertiary alicyclic amines) is 2. The SMILES string of the molecule is Cc1cccc(F)c1C(=O)N1CCCC(C(=O)Nc2cccc(C(C)(C)C)c2)[C@@H]1c1ccc(CN2CCCC2C(F)(F)F)cc1. The highest BCUT2D eigenvalue weighted by molar-refractivity contribution is 5.98. The zero-order valence-corrected chi connectivity index (χ0v) is 26.3. The Kier molecular flexibility index (Phi) is 9.40. The predicted octanol–water partition coefficient (Wildman–Crippen LogP) is 8.19. The number of halogens is 4. The molecular formula is C36H41F4N3O2. The summed E-state index contributed by atoms with van der Waals surface area (Å²) >= 11 is 0. The van der Waals surface area contributed by atoms with E-state index < -0.39 is 35.9 Å². The van der Waals surface area contributed by atoms with E-state index in [0.29, 0.717) is 54.7 Å². The highest BCUT2D eigenvalue weighted by Crippen LogP contribution is 2.39. The molecule has 9 heteroatoms. The first-order valence-electron chi connectivity index (χ1n) is 15.6. The second-order valence-electron chi connectivity index (χ2n) is 13.4. The maximum Gasteiger partial charge on any atom is 0.404 e. The number of hydrogen-bond acceptors (Lipinski definition) is 3. The van der Waals surface area contributed by atoms with E-state index in [4.69, 9.17) is 0 Å². The largest absolute Gasteiger partial charge is 0.404 e. The van der Waals surface area contributed by atoms with Gasteiger partial charge in [-0.1, -0.05) is 69.3 Å². The Bertz CT molecular complexity index is 1510. The molecule has 0 spiro atoms. The number of nitrogens with zero attached hydrogens (tertiary/aromatic N) is 2. The molecular weight excluding hydrogens is 582 g/mol. The van der Waals surface area contributed by atoms with Crippen LogP contribution in [0.2, 0.25) is 0 Å². The summed E-state index contributed by atoms with van der Waals surface area (Å²) in [5.41, 5.74) is 3.47. The molecule has 2 heterocycles. The second kappa shape index (κ2) is 12.9. The third-order valence-corrected chi connectivity index (χ3v) is 9.11. The maximum absolute atomic E-state index is 15.0. The Morgan fingerprint density at radius 2 is 1.60 bits per heavy atom. The van der Waals surface area contributed by atoms with Gasteiger partial charge in [-0.3, -0.25) is 14.5 Å². The van der Waals surface area contributed by atoms with Crippen LogP contribution in [0.4, 0.5) is 23.2 Å². The molecule has 0 bridgehead atoms. The molecule has 2 saturated heterocycles. The van der Waals surface area contributed by atoms with Crippen LogP contribution < -0.4 is 5.32 Å². The van der Waals surface area contributed by atoms with Gasteiger partial charge >= 0.3 is 6.18 Å². The van der Waals surface area contributed by atoms with E-state index in [1.807, 2.05) is 24.3 Å². The van der Waals surface area contributed by atoms with Crippen molar-refractivity contribution >= 4 is 17.5 Å². The Labute approximate surface area is 262 Å². The van der Waals surface area contributed by atoms with Gasteiger partial charge < -0.3 is 10.2 Å². The van der Waals surface area contributed by atoms with Crippen molar-refractivity contribution in [2.45, 2.75) is 83.6 Å². The van der Waals surface area contributed by atoms with E-state index in [-0.39, 0.29) is 29.9 Å². The van der Waals surface area contributed by atoms with Crippen molar-refractivity contribution in [3.05, 3.63) is 100 Å². The summed E-state index contributed by atoms with van der Waals surface area (Å²) in [5, 5.41) is 3.06. The number of carbonyl (C=O) groups is 2. The van der Waals surface area contributed by atoms with Crippen molar-refractivity contribution in [3.63, 3.8) is 0 Å². The Balaban J connectivity index is 1.46. The van der Waals surface area contributed by atoms with Crippen LogP contribution in [0.3, 0.4) is 0 Å². The molecule has 45 heavy (non-hydrogen) atoms. The molecule has 3 aromatic carbocycles. The normalized spacial score (nSPS) is 21.2. The first-order chi connectivity index (χ1) is 21.2. The van der Waals surface area contributed by atoms with Gasteiger partial charge in [-0.25, -0.2) is 4.39 Å². The molecule has 0 aliphatic carbocycles. The van der Waals surface area contributed by atoms with Crippen molar-refractivity contribution in [2.75, 3.05) is 18.4 Å². The number of benzene rings is 3. The smallest absolute Gasteiger partial charge is 0.331 e. The van der Waals surface area contributed by atoms with Crippen LogP contribution in [0.25, 0.3) is 0 Å². The Morgan fingerprint density at radius 1 is 0.911 bits per heavy atom. The van der Waals surface area contributed by atoms with Crippen molar-refractivity contribution in [3.8, 4) is 0 Å². The lowest BCUT2D eigenvalue weighted by molar-refractivity contribution is -0.177. The highest BCUT2D eigenvalue weighted by Gasteiger charge is 2.46. The molecule has 2 aliphatic rings. The minimum absolute atomic E-state index is 0.0229. The van der Waals surface area contributed by atoms with Gasteiger partial charge in [0.05, 0.1) is 17.5 Å². The van der Waals surface area contributed by atoms with Gasteiger partial charge in [0, 0.05) is 18.8 Å². The second-order valence-corrected chi connectivity index (χ2v) is 13.4. The molecule has 2 aliphatic heterocycles. The van der Waals surface area contributed by atoms with Gasteiger partial charge in [-0.2, -0.15) is 13.2 Å². The number of nitrogens with one attached hydrogen (secondary N) is 1. The van der Waals surface area contributed by atoms with Crippen molar-refractivity contribution in [1.82, 2.24) is 9.80 Å². The molecule has 240 valence electrons. The van der Waals surface area contributed by atoms with Gasteiger partial charge in [-0.15, -0.1) is 0 Å². The van der Waals surface area contributed by atoms with E-state index in [9.17, 15) is 22.8 Å². The van der Waals surface area contributed by atoms with Gasteiger partial charge in [0.2, 0.25) is 5.91 Å². The monoisotopic (exact) mass is 623 g/mol. The van der Waals surface area contributed by atoms with Crippen LogP contribution in [0.1, 0.15) is 85.1 Å². The summed E-state index contributed by atoms with van der Waals surface area (Å²) in [6, 6.07) is 17.2. The number of alkyl halides is 3. The lowest BCUT2D eigenvalue weighted by Gasteiger charge is -2.41. The molecule has 1 N–H and O–H groups in total. The molecule has 3 atom stereocenters. The zero-order valence-electron chi connectivity index (χ0n) is 26.3. The molecule has 2 amide bonds. The summed E-state index contributed by atoms with van der Waals surface area (Å²) in [5.74, 6) is -1.99. The van der Waals surface area contributed by atoms with Crippen LogP contribution in [0.5, 0.6) is 0 Å². The zero-order chi connectivity index (χ0) is 32.5. The highest BCUT2D eigenvalue weighted by atomic mass is 19.4. The molecule has 0 saturated carbocycles. The number of rotatable bonds is 6. The van der Waals surface area contributed by atoms with E-state index in [0.717, 1.165) is 5.56 Å². The topological polar surface area (TPSA) is 52.7 Å². The first kappa shape index (κ1) is 32.7. The van der Waals surface area contributed by atoms with Gasteiger partial charge in [-0.05, 0) is 85.0 Å². The molecule has 5 nitrogen and oxygen atoms in total. The number of piperidine rings is 1. The van der Waals surface area contributed by atoms with E-state index in [1.165, 1.54) is 11.0 Å². The number of carbonyl (C=O) groups excluding carboxylic acids is 2. The lowest BCUT2D eigenvalue weighted by Crippen LogP contribution is -2.46. The van der Waals surface area contributed by atoms with Crippen LogP contribution in [-0.2, 0) is 16.8 Å². The molecule has 2 fully saturated rings. The lowest BCUT2D eigenvalue weighted by atomic mass is 9.82. The molecule has 3 aromatic rings. The fourth-order valence-corrected chi connectivity index (χ4v) is 6.70. The van der Waals surface area contributed by atoms with Crippen LogP contribution >= 0.6 is 0 Å². The first-order valence-corrected chi connectivity index (χ1v) is 15.6.